The summed E-state index contributed by atoms with van der Waals surface area (Å²) in [6.07, 6.45) is 2.40. The molecule has 0 saturated heterocycles. The summed E-state index contributed by atoms with van der Waals surface area (Å²) in [5.41, 5.74) is 0. The van der Waals surface area contributed by atoms with Crippen LogP contribution in [-0.4, -0.2) is 20.2 Å². The second kappa shape index (κ2) is 5.36. The standard InChI is InChI=1S/C13H15NO2S3/c15-19(16,11-4-5-11)14-8-7-10-3-6-13(18-10)12-2-1-9-17-12/h1-3,6,9,11,14H,4-5,7-8H2. The Balaban J connectivity index is 1.56. The van der Waals surface area contributed by atoms with E-state index in [4.69, 9.17) is 0 Å². The van der Waals surface area contributed by atoms with Crippen LogP contribution in [0.25, 0.3) is 9.75 Å². The Labute approximate surface area is 121 Å². The van der Waals surface area contributed by atoms with Gasteiger partial charge in [0.05, 0.1) is 5.25 Å². The van der Waals surface area contributed by atoms with Gasteiger partial charge in [0.15, 0.2) is 0 Å². The first-order valence-electron chi connectivity index (χ1n) is 6.26. The number of rotatable bonds is 6. The van der Waals surface area contributed by atoms with Crippen LogP contribution in [-0.2, 0) is 16.4 Å². The molecule has 1 fully saturated rings. The van der Waals surface area contributed by atoms with E-state index in [2.05, 4.69) is 28.3 Å². The molecule has 0 atom stereocenters. The van der Waals surface area contributed by atoms with Gasteiger partial charge in [-0.15, -0.1) is 22.7 Å². The molecular weight excluding hydrogens is 298 g/mol. The lowest BCUT2D eigenvalue weighted by Gasteiger charge is -2.03. The summed E-state index contributed by atoms with van der Waals surface area (Å²) in [6, 6.07) is 8.35. The molecule has 1 saturated carbocycles. The third kappa shape index (κ3) is 3.25. The summed E-state index contributed by atoms with van der Waals surface area (Å²) in [5.74, 6) is 0. The van der Waals surface area contributed by atoms with Crippen molar-refractivity contribution >= 4 is 32.7 Å². The highest BCUT2D eigenvalue weighted by molar-refractivity contribution is 7.90. The Bertz CT molecular complexity index is 639. The fourth-order valence-corrected chi connectivity index (χ4v) is 5.10. The van der Waals surface area contributed by atoms with Gasteiger partial charge in [-0.05, 0) is 42.8 Å². The number of sulfonamides is 1. The lowest BCUT2D eigenvalue weighted by atomic mass is 10.3. The summed E-state index contributed by atoms with van der Waals surface area (Å²) < 4.78 is 26.0. The van der Waals surface area contributed by atoms with E-state index in [1.807, 2.05) is 6.07 Å². The first-order valence-corrected chi connectivity index (χ1v) is 9.50. The van der Waals surface area contributed by atoms with Crippen molar-refractivity contribution in [2.24, 2.45) is 0 Å². The summed E-state index contributed by atoms with van der Waals surface area (Å²) in [4.78, 5) is 3.76. The molecule has 2 aromatic rings. The molecule has 1 aliphatic rings. The average Bonchev–Trinajstić information content (AvgIpc) is 2.92. The van der Waals surface area contributed by atoms with Crippen LogP contribution in [0.3, 0.4) is 0 Å². The zero-order chi connectivity index (χ0) is 13.3. The Kier molecular flexibility index (Phi) is 3.75. The van der Waals surface area contributed by atoms with Crippen LogP contribution in [0, 0.1) is 0 Å². The van der Waals surface area contributed by atoms with Crippen molar-refractivity contribution < 1.29 is 8.42 Å². The van der Waals surface area contributed by atoms with Crippen LogP contribution in [0.5, 0.6) is 0 Å². The van der Waals surface area contributed by atoms with Gasteiger partial charge in [0, 0.05) is 21.2 Å². The van der Waals surface area contributed by atoms with Gasteiger partial charge in [0.2, 0.25) is 10.0 Å². The summed E-state index contributed by atoms with van der Waals surface area (Å²) in [5, 5.41) is 1.94. The van der Waals surface area contributed by atoms with E-state index in [0.29, 0.717) is 6.54 Å². The Morgan fingerprint density at radius 2 is 2.05 bits per heavy atom. The van der Waals surface area contributed by atoms with Crippen molar-refractivity contribution in [3.05, 3.63) is 34.5 Å². The molecule has 0 spiro atoms. The van der Waals surface area contributed by atoms with Gasteiger partial charge in [0.25, 0.3) is 0 Å². The first-order chi connectivity index (χ1) is 9.15. The quantitative estimate of drug-likeness (QED) is 0.891. The third-order valence-corrected chi connectivity index (χ3v) is 7.23. The molecule has 2 aromatic heterocycles. The minimum atomic E-state index is -3.04. The molecule has 6 heteroatoms. The maximum atomic E-state index is 11.7. The molecule has 3 rings (SSSR count). The van der Waals surface area contributed by atoms with Crippen LogP contribution in [0.4, 0.5) is 0 Å². The topological polar surface area (TPSA) is 46.2 Å². The van der Waals surface area contributed by atoms with Gasteiger partial charge in [-0.25, -0.2) is 13.1 Å². The van der Waals surface area contributed by atoms with Gasteiger partial charge < -0.3 is 0 Å². The van der Waals surface area contributed by atoms with Crippen LogP contribution >= 0.6 is 22.7 Å². The number of hydrogen-bond acceptors (Lipinski definition) is 4. The number of nitrogens with one attached hydrogen (secondary N) is 1. The van der Waals surface area contributed by atoms with Crippen LogP contribution in [0.2, 0.25) is 0 Å². The molecule has 0 bridgehead atoms. The largest absolute Gasteiger partial charge is 0.215 e. The lowest BCUT2D eigenvalue weighted by Crippen LogP contribution is -2.28. The SMILES string of the molecule is O=S(=O)(NCCc1ccc(-c2cccs2)s1)C1CC1. The molecule has 1 N–H and O–H groups in total. The summed E-state index contributed by atoms with van der Waals surface area (Å²) >= 11 is 3.47. The highest BCUT2D eigenvalue weighted by Crippen LogP contribution is 2.31. The molecule has 0 radical (unpaired) electrons. The molecule has 0 aromatic carbocycles. The predicted octanol–water partition coefficient (Wildman–Crippen LogP) is 3.10. The molecular formula is C13H15NO2S3. The second-order valence-corrected chi connectivity index (χ2v) is 8.79. The summed E-state index contributed by atoms with van der Waals surface area (Å²) in [6.45, 7) is 0.503. The number of thiophene rings is 2. The smallest absolute Gasteiger partial charge is 0.214 e. The molecule has 0 aliphatic heterocycles. The van der Waals surface area contributed by atoms with Crippen molar-refractivity contribution in [2.45, 2.75) is 24.5 Å². The fraction of sp³-hybridized carbons (Fsp3) is 0.385. The van der Waals surface area contributed by atoms with Gasteiger partial charge >= 0.3 is 0 Å². The zero-order valence-electron chi connectivity index (χ0n) is 10.3. The van der Waals surface area contributed by atoms with Crippen LogP contribution < -0.4 is 4.72 Å². The minimum absolute atomic E-state index is 0.127. The van der Waals surface area contributed by atoms with Crippen molar-refractivity contribution in [1.29, 1.82) is 0 Å². The maximum Gasteiger partial charge on any atom is 0.214 e. The van der Waals surface area contributed by atoms with E-state index in [1.165, 1.54) is 14.6 Å². The van der Waals surface area contributed by atoms with E-state index in [0.717, 1.165) is 19.3 Å². The van der Waals surface area contributed by atoms with Crippen molar-refractivity contribution in [1.82, 2.24) is 4.72 Å². The highest BCUT2D eigenvalue weighted by atomic mass is 32.2. The van der Waals surface area contributed by atoms with E-state index >= 15 is 0 Å². The molecule has 0 unspecified atom stereocenters. The van der Waals surface area contributed by atoms with Crippen LogP contribution in [0.1, 0.15) is 17.7 Å². The van der Waals surface area contributed by atoms with Gasteiger partial charge in [-0.1, -0.05) is 6.07 Å². The Morgan fingerprint density at radius 1 is 1.21 bits per heavy atom. The molecule has 0 amide bonds. The van der Waals surface area contributed by atoms with E-state index < -0.39 is 10.0 Å². The molecule has 2 heterocycles. The van der Waals surface area contributed by atoms with Crippen LogP contribution in [0.15, 0.2) is 29.6 Å². The Hall–Kier alpha value is -0.690. The van der Waals surface area contributed by atoms with Crippen molar-refractivity contribution in [2.75, 3.05) is 6.54 Å². The first kappa shape index (κ1) is 13.3. The van der Waals surface area contributed by atoms with Gasteiger partial charge in [0.1, 0.15) is 0 Å². The molecule has 1 aliphatic carbocycles. The Morgan fingerprint density at radius 3 is 2.74 bits per heavy atom. The van der Waals surface area contributed by atoms with Crippen molar-refractivity contribution in [3.63, 3.8) is 0 Å². The second-order valence-electron chi connectivity index (χ2n) is 4.63. The molecule has 102 valence electrons. The normalized spacial score (nSPS) is 15.8. The third-order valence-electron chi connectivity index (χ3n) is 3.06. The van der Waals surface area contributed by atoms with E-state index in [1.54, 1.807) is 22.7 Å². The van der Waals surface area contributed by atoms with Crippen molar-refractivity contribution in [3.8, 4) is 9.75 Å². The average molecular weight is 313 g/mol. The molecule has 3 nitrogen and oxygen atoms in total. The molecule has 19 heavy (non-hydrogen) atoms. The number of hydrogen-bond donors (Lipinski definition) is 1. The monoisotopic (exact) mass is 313 g/mol. The maximum absolute atomic E-state index is 11.7. The van der Waals surface area contributed by atoms with Gasteiger partial charge in [-0.3, -0.25) is 0 Å². The zero-order valence-corrected chi connectivity index (χ0v) is 12.8. The predicted molar refractivity (Wildman–Crippen MR) is 81.3 cm³/mol. The highest BCUT2D eigenvalue weighted by Gasteiger charge is 2.35. The van der Waals surface area contributed by atoms with Gasteiger partial charge in [-0.2, -0.15) is 0 Å². The van der Waals surface area contributed by atoms with E-state index in [-0.39, 0.29) is 5.25 Å². The lowest BCUT2D eigenvalue weighted by molar-refractivity contribution is 0.580. The fourth-order valence-electron chi connectivity index (χ4n) is 1.88. The summed E-state index contributed by atoms with van der Waals surface area (Å²) in [7, 11) is -3.04. The van der Waals surface area contributed by atoms with E-state index in [9.17, 15) is 8.42 Å². The minimum Gasteiger partial charge on any atom is -0.215 e.